The van der Waals surface area contributed by atoms with Crippen molar-refractivity contribution in [1.82, 2.24) is 9.97 Å². The maximum absolute atomic E-state index is 13.1. The van der Waals surface area contributed by atoms with Gasteiger partial charge in [-0.2, -0.15) is 0 Å². The van der Waals surface area contributed by atoms with E-state index in [1.807, 2.05) is 0 Å². The van der Waals surface area contributed by atoms with E-state index in [0.29, 0.717) is 11.5 Å². The van der Waals surface area contributed by atoms with Gasteiger partial charge in [0.15, 0.2) is 0 Å². The number of rotatable bonds is 4. The fourth-order valence-electron chi connectivity index (χ4n) is 2.44. The molecule has 0 saturated carbocycles. The first-order valence-corrected chi connectivity index (χ1v) is 7.23. The van der Waals surface area contributed by atoms with Gasteiger partial charge in [0.1, 0.15) is 17.7 Å². The standard InChI is InChI=1S/C17H16FN3O3/c1-23-15(10-3-5-11(18)6-4-10)16-20-13-8-7-12(9-14(13)21-16)19-17(22)24-2/h3-9,15H,1-2H3,(H,19,22)(H,20,21). The predicted octanol–water partition coefficient (Wildman–Crippen LogP) is 3.62. The number of imidazole rings is 1. The second-order valence-corrected chi connectivity index (χ2v) is 5.14. The van der Waals surface area contributed by atoms with Gasteiger partial charge >= 0.3 is 6.09 Å². The van der Waals surface area contributed by atoms with Gasteiger partial charge < -0.3 is 14.5 Å². The first-order valence-electron chi connectivity index (χ1n) is 7.23. The number of carbonyl (C=O) groups excluding carboxylic acids is 1. The van der Waals surface area contributed by atoms with E-state index in [4.69, 9.17) is 4.74 Å². The number of nitrogens with zero attached hydrogens (tertiary/aromatic N) is 1. The topological polar surface area (TPSA) is 76.2 Å². The molecule has 0 bridgehead atoms. The number of H-pyrrole nitrogens is 1. The molecule has 124 valence electrons. The van der Waals surface area contributed by atoms with Gasteiger partial charge in [-0.1, -0.05) is 12.1 Å². The van der Waals surface area contributed by atoms with Gasteiger partial charge in [-0.25, -0.2) is 14.2 Å². The summed E-state index contributed by atoms with van der Waals surface area (Å²) in [4.78, 5) is 19.0. The van der Waals surface area contributed by atoms with Crippen LogP contribution in [0.4, 0.5) is 14.9 Å². The Labute approximate surface area is 137 Å². The summed E-state index contributed by atoms with van der Waals surface area (Å²) in [5, 5.41) is 2.59. The third-order valence-electron chi connectivity index (χ3n) is 3.59. The number of hydrogen-bond acceptors (Lipinski definition) is 4. The van der Waals surface area contributed by atoms with Crippen LogP contribution in [0, 0.1) is 5.82 Å². The minimum atomic E-state index is -0.546. The van der Waals surface area contributed by atoms with E-state index in [9.17, 15) is 9.18 Å². The number of nitrogens with one attached hydrogen (secondary N) is 2. The summed E-state index contributed by atoms with van der Waals surface area (Å²) in [5.74, 6) is 0.283. The van der Waals surface area contributed by atoms with Gasteiger partial charge in [-0.15, -0.1) is 0 Å². The molecule has 1 unspecified atom stereocenters. The van der Waals surface area contributed by atoms with Crippen molar-refractivity contribution < 1.29 is 18.7 Å². The molecule has 2 N–H and O–H groups in total. The van der Waals surface area contributed by atoms with E-state index >= 15 is 0 Å². The number of benzene rings is 2. The van der Waals surface area contributed by atoms with Crippen LogP contribution in [-0.2, 0) is 9.47 Å². The number of carbonyl (C=O) groups is 1. The zero-order valence-corrected chi connectivity index (χ0v) is 13.2. The highest BCUT2D eigenvalue weighted by molar-refractivity contribution is 5.88. The Kier molecular flexibility index (Phi) is 4.43. The maximum atomic E-state index is 13.1. The predicted molar refractivity (Wildman–Crippen MR) is 87.4 cm³/mol. The fourth-order valence-corrected chi connectivity index (χ4v) is 2.44. The Hall–Kier alpha value is -2.93. The smallest absolute Gasteiger partial charge is 0.411 e. The Bertz CT molecular complexity index is 861. The number of amides is 1. The normalized spacial score (nSPS) is 12.1. The van der Waals surface area contributed by atoms with Gasteiger partial charge in [0, 0.05) is 12.8 Å². The number of methoxy groups -OCH3 is 2. The average molecular weight is 329 g/mol. The highest BCUT2D eigenvalue weighted by Gasteiger charge is 2.18. The summed E-state index contributed by atoms with van der Waals surface area (Å²) in [6, 6.07) is 11.3. The molecule has 3 aromatic rings. The lowest BCUT2D eigenvalue weighted by Gasteiger charge is -2.12. The largest absolute Gasteiger partial charge is 0.453 e. The minimum absolute atomic E-state index is 0.309. The van der Waals surface area contributed by atoms with Crippen molar-refractivity contribution in [2.24, 2.45) is 0 Å². The van der Waals surface area contributed by atoms with Crippen molar-refractivity contribution in [2.75, 3.05) is 19.5 Å². The molecule has 24 heavy (non-hydrogen) atoms. The molecule has 0 spiro atoms. The molecule has 0 aliphatic heterocycles. The molecule has 0 aliphatic rings. The van der Waals surface area contributed by atoms with Crippen LogP contribution in [0.15, 0.2) is 42.5 Å². The molecule has 1 aromatic heterocycles. The van der Waals surface area contributed by atoms with Crippen molar-refractivity contribution in [3.05, 3.63) is 59.7 Å². The molecule has 1 amide bonds. The summed E-state index contributed by atoms with van der Waals surface area (Å²) in [7, 11) is 2.86. The lowest BCUT2D eigenvalue weighted by molar-refractivity contribution is 0.130. The SMILES string of the molecule is COC(=O)Nc1ccc2nc(C(OC)c3ccc(F)cc3)[nH]c2c1. The fraction of sp³-hybridized carbons (Fsp3) is 0.176. The molecule has 0 saturated heterocycles. The monoisotopic (exact) mass is 329 g/mol. The molecule has 0 fully saturated rings. The molecule has 0 radical (unpaired) electrons. The number of ether oxygens (including phenoxy) is 2. The van der Waals surface area contributed by atoms with Crippen LogP contribution in [0.2, 0.25) is 0 Å². The lowest BCUT2D eigenvalue weighted by atomic mass is 10.1. The maximum Gasteiger partial charge on any atom is 0.411 e. The van der Waals surface area contributed by atoms with E-state index < -0.39 is 12.2 Å². The Morgan fingerprint density at radius 1 is 1.21 bits per heavy atom. The van der Waals surface area contributed by atoms with E-state index in [0.717, 1.165) is 16.6 Å². The summed E-state index contributed by atoms with van der Waals surface area (Å²) < 4.78 is 23.2. The number of aromatic amines is 1. The van der Waals surface area contributed by atoms with Gasteiger partial charge in [-0.3, -0.25) is 5.32 Å². The molecule has 1 atom stereocenters. The van der Waals surface area contributed by atoms with Crippen molar-refractivity contribution in [1.29, 1.82) is 0 Å². The number of halogens is 1. The summed E-state index contributed by atoms with van der Waals surface area (Å²) in [6.07, 6.45) is -0.995. The van der Waals surface area contributed by atoms with Crippen LogP contribution >= 0.6 is 0 Å². The third kappa shape index (κ3) is 3.21. The molecular weight excluding hydrogens is 313 g/mol. The summed E-state index contributed by atoms with van der Waals surface area (Å²) in [5.41, 5.74) is 2.83. The van der Waals surface area contributed by atoms with Crippen LogP contribution < -0.4 is 5.32 Å². The first kappa shape index (κ1) is 15.9. The molecule has 6 nitrogen and oxygen atoms in total. The van der Waals surface area contributed by atoms with Crippen LogP contribution in [0.5, 0.6) is 0 Å². The molecular formula is C17H16FN3O3. The van der Waals surface area contributed by atoms with Gasteiger partial charge in [0.2, 0.25) is 0 Å². The summed E-state index contributed by atoms with van der Waals surface area (Å²) in [6.45, 7) is 0. The highest BCUT2D eigenvalue weighted by Crippen LogP contribution is 2.26. The van der Waals surface area contributed by atoms with Gasteiger partial charge in [0.25, 0.3) is 0 Å². The first-order chi connectivity index (χ1) is 11.6. The number of aromatic nitrogens is 2. The van der Waals surface area contributed by atoms with Crippen LogP contribution in [-0.4, -0.2) is 30.3 Å². The zero-order chi connectivity index (χ0) is 17.1. The van der Waals surface area contributed by atoms with Crippen LogP contribution in [0.25, 0.3) is 11.0 Å². The van der Waals surface area contributed by atoms with E-state index in [1.54, 1.807) is 37.4 Å². The van der Waals surface area contributed by atoms with E-state index in [1.165, 1.54) is 19.2 Å². The molecule has 7 heteroatoms. The molecule has 0 aliphatic carbocycles. The Morgan fingerprint density at radius 3 is 2.62 bits per heavy atom. The van der Waals surface area contributed by atoms with Crippen molar-refractivity contribution >= 4 is 22.8 Å². The molecule has 1 heterocycles. The molecule has 3 rings (SSSR count). The number of hydrogen-bond donors (Lipinski definition) is 2. The van der Waals surface area contributed by atoms with Crippen LogP contribution in [0.1, 0.15) is 17.5 Å². The molecule has 2 aromatic carbocycles. The highest BCUT2D eigenvalue weighted by atomic mass is 19.1. The Morgan fingerprint density at radius 2 is 1.96 bits per heavy atom. The zero-order valence-electron chi connectivity index (χ0n) is 13.2. The van der Waals surface area contributed by atoms with E-state index in [2.05, 4.69) is 20.0 Å². The van der Waals surface area contributed by atoms with Crippen molar-refractivity contribution in [2.45, 2.75) is 6.10 Å². The van der Waals surface area contributed by atoms with Crippen molar-refractivity contribution in [3.8, 4) is 0 Å². The van der Waals surface area contributed by atoms with Gasteiger partial charge in [0.05, 0.1) is 18.1 Å². The third-order valence-corrected chi connectivity index (χ3v) is 3.59. The van der Waals surface area contributed by atoms with E-state index in [-0.39, 0.29) is 5.82 Å². The van der Waals surface area contributed by atoms with Crippen LogP contribution in [0.3, 0.4) is 0 Å². The van der Waals surface area contributed by atoms with Crippen molar-refractivity contribution in [3.63, 3.8) is 0 Å². The summed E-state index contributed by atoms with van der Waals surface area (Å²) >= 11 is 0. The lowest BCUT2D eigenvalue weighted by Crippen LogP contribution is -2.10. The minimum Gasteiger partial charge on any atom is -0.453 e. The second kappa shape index (κ2) is 6.67. The quantitative estimate of drug-likeness (QED) is 0.766. The Balaban J connectivity index is 1.93. The average Bonchev–Trinajstić information content (AvgIpc) is 3.00. The second-order valence-electron chi connectivity index (χ2n) is 5.14. The number of anilines is 1. The number of fused-ring (bicyclic) bond motifs is 1. The van der Waals surface area contributed by atoms with Gasteiger partial charge in [-0.05, 0) is 35.9 Å².